The first-order chi connectivity index (χ1) is 12.1. The zero-order chi connectivity index (χ0) is 17.4. The maximum absolute atomic E-state index is 13.0. The van der Waals surface area contributed by atoms with Crippen LogP contribution in [0, 0.1) is 11.3 Å². The molecule has 0 bridgehead atoms. The molecule has 1 saturated carbocycles. The molecule has 2 aliphatic rings. The standard InChI is InChI=1S/C18H22N4O2S.2ClH/c1-11(23)20-17-22-14-6-5-13(8-15(14)25-17)21-16(24)18-7-3-2-4-12(18)9-19-10-18;;/h5-6,8,12,19H,2-4,7,9-10H2,1H3,(H,21,24)(H,20,22,23);2*1H/t12-,18+;;/m0../s1. The summed E-state index contributed by atoms with van der Waals surface area (Å²) in [4.78, 5) is 28.6. The minimum Gasteiger partial charge on any atom is -0.326 e. The second-order valence-corrected chi connectivity index (χ2v) is 8.10. The topological polar surface area (TPSA) is 83.1 Å². The summed E-state index contributed by atoms with van der Waals surface area (Å²) >= 11 is 1.41. The largest absolute Gasteiger partial charge is 0.326 e. The van der Waals surface area contributed by atoms with Crippen LogP contribution in [0.3, 0.4) is 0 Å². The van der Waals surface area contributed by atoms with E-state index in [9.17, 15) is 9.59 Å². The lowest BCUT2D eigenvalue weighted by Gasteiger charge is -2.37. The molecule has 2 amide bonds. The van der Waals surface area contributed by atoms with E-state index < -0.39 is 0 Å². The summed E-state index contributed by atoms with van der Waals surface area (Å²) in [5.41, 5.74) is 1.35. The number of thiazole rings is 1. The van der Waals surface area contributed by atoms with Crippen LogP contribution in [0.25, 0.3) is 10.2 Å². The molecule has 0 unspecified atom stereocenters. The van der Waals surface area contributed by atoms with Gasteiger partial charge in [-0.15, -0.1) is 24.8 Å². The maximum Gasteiger partial charge on any atom is 0.232 e. The van der Waals surface area contributed by atoms with Gasteiger partial charge in [-0.05, 0) is 43.5 Å². The Hall–Kier alpha value is -1.41. The third-order valence-corrected chi connectivity index (χ3v) is 6.35. The number of anilines is 2. The van der Waals surface area contributed by atoms with Crippen molar-refractivity contribution in [3.8, 4) is 0 Å². The number of hydrogen-bond acceptors (Lipinski definition) is 5. The van der Waals surface area contributed by atoms with Gasteiger partial charge in [0.15, 0.2) is 5.13 Å². The van der Waals surface area contributed by atoms with E-state index in [1.165, 1.54) is 24.7 Å². The molecule has 2 aromatic rings. The zero-order valence-corrected chi connectivity index (χ0v) is 17.5. The van der Waals surface area contributed by atoms with Gasteiger partial charge in [0.1, 0.15) is 0 Å². The summed E-state index contributed by atoms with van der Waals surface area (Å²) in [6, 6.07) is 5.71. The Bertz CT molecular complexity index is 844. The fourth-order valence-corrected chi connectivity index (χ4v) is 5.10. The molecule has 2 heterocycles. The number of amides is 2. The minimum atomic E-state index is -0.262. The lowest BCUT2D eigenvalue weighted by atomic mass is 9.67. The number of halogens is 2. The minimum absolute atomic E-state index is 0. The van der Waals surface area contributed by atoms with E-state index in [0.29, 0.717) is 11.0 Å². The van der Waals surface area contributed by atoms with Crippen LogP contribution in [0.5, 0.6) is 0 Å². The van der Waals surface area contributed by atoms with Crippen LogP contribution in [0.15, 0.2) is 18.2 Å². The van der Waals surface area contributed by atoms with E-state index in [0.717, 1.165) is 48.3 Å². The van der Waals surface area contributed by atoms with E-state index in [2.05, 4.69) is 20.9 Å². The summed E-state index contributed by atoms with van der Waals surface area (Å²) in [6.07, 6.45) is 4.44. The molecule has 3 N–H and O–H groups in total. The number of hydrogen-bond donors (Lipinski definition) is 3. The number of carbonyl (C=O) groups is 2. The summed E-state index contributed by atoms with van der Waals surface area (Å²) in [6.45, 7) is 3.19. The van der Waals surface area contributed by atoms with Crippen LogP contribution < -0.4 is 16.0 Å². The van der Waals surface area contributed by atoms with Gasteiger partial charge >= 0.3 is 0 Å². The Labute approximate surface area is 174 Å². The molecule has 27 heavy (non-hydrogen) atoms. The molecule has 1 aromatic heterocycles. The predicted octanol–water partition coefficient (Wildman–Crippen LogP) is 3.82. The molecule has 0 radical (unpaired) electrons. The first-order valence-corrected chi connectivity index (χ1v) is 9.59. The van der Waals surface area contributed by atoms with Gasteiger partial charge in [0.05, 0.1) is 15.6 Å². The quantitative estimate of drug-likeness (QED) is 0.690. The maximum atomic E-state index is 13.0. The van der Waals surface area contributed by atoms with Crippen molar-refractivity contribution in [3.63, 3.8) is 0 Å². The van der Waals surface area contributed by atoms with Crippen molar-refractivity contribution in [1.82, 2.24) is 10.3 Å². The van der Waals surface area contributed by atoms with Crippen LogP contribution in [0.2, 0.25) is 0 Å². The molecule has 4 rings (SSSR count). The molecule has 9 heteroatoms. The molecule has 0 spiro atoms. The van der Waals surface area contributed by atoms with Crippen LogP contribution in [-0.4, -0.2) is 29.9 Å². The molecule has 1 aromatic carbocycles. The van der Waals surface area contributed by atoms with Gasteiger partial charge in [0, 0.05) is 19.2 Å². The molecule has 2 fully saturated rings. The highest BCUT2D eigenvalue weighted by atomic mass is 35.5. The first kappa shape index (κ1) is 21.9. The van der Waals surface area contributed by atoms with Gasteiger partial charge in [0.2, 0.25) is 11.8 Å². The summed E-state index contributed by atoms with van der Waals surface area (Å²) in [7, 11) is 0. The predicted molar refractivity (Wildman–Crippen MR) is 114 cm³/mol. The Balaban J connectivity index is 0.00000131. The van der Waals surface area contributed by atoms with Crippen LogP contribution in [-0.2, 0) is 9.59 Å². The van der Waals surface area contributed by atoms with Gasteiger partial charge in [-0.25, -0.2) is 4.98 Å². The SMILES string of the molecule is CC(=O)Nc1nc2ccc(NC(=O)[C@@]34CCCC[C@H]3CNC4)cc2s1.Cl.Cl. The van der Waals surface area contributed by atoms with Crippen molar-refractivity contribution >= 4 is 69.0 Å². The Morgan fingerprint density at radius 1 is 1.26 bits per heavy atom. The van der Waals surface area contributed by atoms with E-state index in [4.69, 9.17) is 0 Å². The highest BCUT2D eigenvalue weighted by Crippen LogP contribution is 2.44. The Morgan fingerprint density at radius 3 is 2.85 bits per heavy atom. The molecular weight excluding hydrogens is 407 g/mol. The van der Waals surface area contributed by atoms with Gasteiger partial charge < -0.3 is 16.0 Å². The molecule has 148 valence electrons. The molecule has 1 saturated heterocycles. The summed E-state index contributed by atoms with van der Waals surface area (Å²) < 4.78 is 0.948. The number of nitrogens with zero attached hydrogens (tertiary/aromatic N) is 1. The number of benzene rings is 1. The molecule has 1 aliphatic heterocycles. The van der Waals surface area contributed by atoms with Gasteiger partial charge in [-0.2, -0.15) is 0 Å². The van der Waals surface area contributed by atoms with Gasteiger partial charge in [0.25, 0.3) is 0 Å². The highest BCUT2D eigenvalue weighted by molar-refractivity contribution is 7.22. The monoisotopic (exact) mass is 430 g/mol. The van der Waals surface area contributed by atoms with Crippen molar-refractivity contribution in [2.75, 3.05) is 23.7 Å². The first-order valence-electron chi connectivity index (χ1n) is 8.77. The van der Waals surface area contributed by atoms with E-state index in [-0.39, 0.29) is 42.0 Å². The van der Waals surface area contributed by atoms with Gasteiger partial charge in [-0.1, -0.05) is 24.2 Å². The summed E-state index contributed by atoms with van der Waals surface area (Å²) in [5, 5.41) is 9.83. The smallest absolute Gasteiger partial charge is 0.232 e. The summed E-state index contributed by atoms with van der Waals surface area (Å²) in [5.74, 6) is 0.441. The van der Waals surface area contributed by atoms with Crippen molar-refractivity contribution in [3.05, 3.63) is 18.2 Å². The molecule has 2 atom stereocenters. The second kappa shape index (κ2) is 8.73. The van der Waals surface area contributed by atoms with E-state index >= 15 is 0 Å². The lowest BCUT2D eigenvalue weighted by Crippen LogP contribution is -2.44. The normalized spacial score (nSPS) is 23.7. The number of carbonyl (C=O) groups excluding carboxylic acids is 2. The molecular formula is C18H24Cl2N4O2S. The number of rotatable bonds is 3. The number of aromatic nitrogens is 1. The number of nitrogens with one attached hydrogen (secondary N) is 3. The van der Waals surface area contributed by atoms with Crippen LogP contribution in [0.1, 0.15) is 32.6 Å². The average Bonchev–Trinajstić information content (AvgIpc) is 3.17. The molecule has 1 aliphatic carbocycles. The fourth-order valence-electron chi connectivity index (χ4n) is 4.15. The third-order valence-electron chi connectivity index (χ3n) is 5.42. The number of fused-ring (bicyclic) bond motifs is 2. The van der Waals surface area contributed by atoms with Crippen molar-refractivity contribution in [2.24, 2.45) is 11.3 Å². The third kappa shape index (κ3) is 4.21. The highest BCUT2D eigenvalue weighted by Gasteiger charge is 2.49. The Kier molecular flexibility index (Phi) is 7.08. The van der Waals surface area contributed by atoms with Gasteiger partial charge in [-0.3, -0.25) is 9.59 Å². The van der Waals surface area contributed by atoms with Crippen molar-refractivity contribution < 1.29 is 9.59 Å². The fraction of sp³-hybridized carbons (Fsp3) is 0.500. The van der Waals surface area contributed by atoms with E-state index in [1.54, 1.807) is 0 Å². The molecule has 6 nitrogen and oxygen atoms in total. The zero-order valence-electron chi connectivity index (χ0n) is 15.0. The Morgan fingerprint density at radius 2 is 2.07 bits per heavy atom. The van der Waals surface area contributed by atoms with E-state index in [1.807, 2.05) is 18.2 Å². The van der Waals surface area contributed by atoms with Crippen molar-refractivity contribution in [1.29, 1.82) is 0 Å². The lowest BCUT2D eigenvalue weighted by molar-refractivity contribution is -0.128. The average molecular weight is 431 g/mol. The van der Waals surface area contributed by atoms with Crippen LogP contribution >= 0.6 is 36.2 Å². The second-order valence-electron chi connectivity index (χ2n) is 7.07. The van der Waals surface area contributed by atoms with Crippen LogP contribution in [0.4, 0.5) is 10.8 Å². The van der Waals surface area contributed by atoms with Crippen molar-refractivity contribution in [2.45, 2.75) is 32.6 Å².